The van der Waals surface area contributed by atoms with E-state index in [0.29, 0.717) is 23.6 Å². The number of imidazole rings is 2. The standard InChI is InChI=1S/C26H21N7O/c1-16-12-18(33-11-10-27-15-33)13-21-24(16)32-25(31-21)23-20(7-9-29-26(23)34)30-14-22-19-5-3-2-4-17(19)6-8-28-22/h2-13,15H,14H2,1H3,(H,31,32)(H2,29,30,34). The highest BCUT2D eigenvalue weighted by molar-refractivity contribution is 5.87. The third-order valence-corrected chi connectivity index (χ3v) is 5.96. The van der Waals surface area contributed by atoms with Crippen molar-refractivity contribution in [2.75, 3.05) is 5.32 Å². The van der Waals surface area contributed by atoms with Crippen molar-refractivity contribution >= 4 is 27.5 Å². The molecule has 0 spiro atoms. The number of hydrogen-bond donors (Lipinski definition) is 3. The number of H-pyrrole nitrogens is 2. The summed E-state index contributed by atoms with van der Waals surface area (Å²) in [6, 6.07) is 16.0. The molecule has 0 saturated heterocycles. The van der Waals surface area contributed by atoms with Gasteiger partial charge in [0.1, 0.15) is 11.4 Å². The molecule has 0 atom stereocenters. The van der Waals surface area contributed by atoms with Crippen molar-refractivity contribution in [1.82, 2.24) is 29.5 Å². The van der Waals surface area contributed by atoms with Gasteiger partial charge in [-0.25, -0.2) is 9.97 Å². The number of aryl methyl sites for hydroxylation is 1. The molecule has 0 saturated carbocycles. The van der Waals surface area contributed by atoms with Crippen molar-refractivity contribution < 1.29 is 0 Å². The number of benzene rings is 2. The Hall–Kier alpha value is -4.72. The van der Waals surface area contributed by atoms with E-state index in [4.69, 9.17) is 4.98 Å². The zero-order valence-electron chi connectivity index (χ0n) is 18.4. The van der Waals surface area contributed by atoms with Crippen LogP contribution in [0.25, 0.3) is 38.9 Å². The molecule has 0 fully saturated rings. The predicted octanol–water partition coefficient (Wildman–Crippen LogP) is 4.57. The van der Waals surface area contributed by atoms with E-state index in [2.05, 4.69) is 43.5 Å². The first-order valence-electron chi connectivity index (χ1n) is 10.9. The minimum absolute atomic E-state index is 0.220. The molecule has 34 heavy (non-hydrogen) atoms. The molecular weight excluding hydrogens is 426 g/mol. The molecule has 6 rings (SSSR count). The average molecular weight is 448 g/mol. The van der Waals surface area contributed by atoms with Crippen molar-refractivity contribution in [3.8, 4) is 17.1 Å². The molecule has 0 aliphatic heterocycles. The fourth-order valence-corrected chi connectivity index (χ4v) is 4.31. The molecular formula is C26H21N7O. The number of nitrogens with zero attached hydrogens (tertiary/aromatic N) is 4. The summed E-state index contributed by atoms with van der Waals surface area (Å²) in [6.07, 6.45) is 8.82. The lowest BCUT2D eigenvalue weighted by atomic mass is 10.1. The summed E-state index contributed by atoms with van der Waals surface area (Å²) in [6.45, 7) is 2.48. The van der Waals surface area contributed by atoms with E-state index in [1.54, 1.807) is 24.9 Å². The van der Waals surface area contributed by atoms with E-state index in [0.717, 1.165) is 38.8 Å². The van der Waals surface area contributed by atoms with Crippen LogP contribution in [0.15, 0.2) is 84.4 Å². The van der Waals surface area contributed by atoms with Crippen LogP contribution in [0.1, 0.15) is 11.3 Å². The summed E-state index contributed by atoms with van der Waals surface area (Å²) in [7, 11) is 0. The Kier molecular flexibility index (Phi) is 4.69. The van der Waals surface area contributed by atoms with Crippen LogP contribution >= 0.6 is 0 Å². The van der Waals surface area contributed by atoms with Crippen LogP contribution in [0.3, 0.4) is 0 Å². The van der Waals surface area contributed by atoms with Gasteiger partial charge in [-0.15, -0.1) is 0 Å². The van der Waals surface area contributed by atoms with E-state index in [1.165, 1.54) is 0 Å². The van der Waals surface area contributed by atoms with Crippen LogP contribution < -0.4 is 10.9 Å². The number of aromatic nitrogens is 6. The summed E-state index contributed by atoms with van der Waals surface area (Å²) in [5, 5.41) is 5.60. The predicted molar refractivity (Wildman–Crippen MR) is 133 cm³/mol. The molecule has 4 aromatic heterocycles. The molecule has 4 heterocycles. The van der Waals surface area contributed by atoms with Crippen molar-refractivity contribution in [2.24, 2.45) is 0 Å². The Labute approximate surface area is 194 Å². The van der Waals surface area contributed by atoms with Gasteiger partial charge in [0.25, 0.3) is 5.56 Å². The smallest absolute Gasteiger partial charge is 0.261 e. The van der Waals surface area contributed by atoms with Crippen molar-refractivity contribution in [2.45, 2.75) is 13.5 Å². The summed E-state index contributed by atoms with van der Waals surface area (Å²) in [4.78, 5) is 32.5. The van der Waals surface area contributed by atoms with Gasteiger partial charge in [-0.3, -0.25) is 9.78 Å². The first-order chi connectivity index (χ1) is 16.7. The third-order valence-electron chi connectivity index (χ3n) is 5.96. The van der Waals surface area contributed by atoms with Gasteiger partial charge in [0.15, 0.2) is 0 Å². The number of nitrogens with one attached hydrogen (secondary N) is 3. The van der Waals surface area contributed by atoms with Crippen LogP contribution in [0, 0.1) is 6.92 Å². The molecule has 2 aromatic carbocycles. The monoisotopic (exact) mass is 447 g/mol. The van der Waals surface area contributed by atoms with Gasteiger partial charge in [-0.1, -0.05) is 24.3 Å². The first-order valence-corrected chi connectivity index (χ1v) is 10.9. The van der Waals surface area contributed by atoms with Gasteiger partial charge in [0, 0.05) is 35.9 Å². The van der Waals surface area contributed by atoms with E-state index >= 15 is 0 Å². The maximum Gasteiger partial charge on any atom is 0.261 e. The zero-order chi connectivity index (χ0) is 23.1. The lowest BCUT2D eigenvalue weighted by Crippen LogP contribution is -2.13. The lowest BCUT2D eigenvalue weighted by molar-refractivity contribution is 1.06. The molecule has 8 nitrogen and oxygen atoms in total. The quantitative estimate of drug-likeness (QED) is 0.359. The molecule has 0 amide bonds. The molecule has 6 aromatic rings. The molecule has 166 valence electrons. The van der Waals surface area contributed by atoms with Gasteiger partial charge in [0.05, 0.1) is 35.3 Å². The molecule has 3 N–H and O–H groups in total. The van der Waals surface area contributed by atoms with Crippen LogP contribution in [-0.2, 0) is 6.54 Å². The van der Waals surface area contributed by atoms with Crippen LogP contribution in [0.5, 0.6) is 0 Å². The summed E-state index contributed by atoms with van der Waals surface area (Å²) >= 11 is 0. The maximum absolute atomic E-state index is 12.9. The highest BCUT2D eigenvalue weighted by Crippen LogP contribution is 2.28. The highest BCUT2D eigenvalue weighted by Gasteiger charge is 2.16. The molecule has 8 heteroatoms. The Bertz CT molecular complexity index is 1690. The topological polar surface area (TPSA) is 104 Å². The Morgan fingerprint density at radius 2 is 2.00 bits per heavy atom. The lowest BCUT2D eigenvalue weighted by Gasteiger charge is -2.11. The number of hydrogen-bond acceptors (Lipinski definition) is 5. The van der Waals surface area contributed by atoms with E-state index < -0.39 is 0 Å². The fourth-order valence-electron chi connectivity index (χ4n) is 4.31. The van der Waals surface area contributed by atoms with Gasteiger partial charge in [0.2, 0.25) is 0 Å². The minimum Gasteiger partial charge on any atom is -0.379 e. The second kappa shape index (κ2) is 8.00. The fraction of sp³-hybridized carbons (Fsp3) is 0.0769. The summed E-state index contributed by atoms with van der Waals surface area (Å²) in [5.41, 5.74) is 5.49. The zero-order valence-corrected chi connectivity index (χ0v) is 18.4. The van der Waals surface area contributed by atoms with E-state index in [9.17, 15) is 4.79 Å². The Balaban J connectivity index is 1.40. The van der Waals surface area contributed by atoms with Gasteiger partial charge >= 0.3 is 0 Å². The summed E-state index contributed by atoms with van der Waals surface area (Å²) < 4.78 is 1.94. The normalized spacial score (nSPS) is 11.3. The minimum atomic E-state index is -0.220. The molecule has 0 radical (unpaired) electrons. The van der Waals surface area contributed by atoms with Crippen LogP contribution in [0.4, 0.5) is 5.69 Å². The van der Waals surface area contributed by atoms with Gasteiger partial charge in [-0.2, -0.15) is 0 Å². The number of aromatic amines is 2. The second-order valence-electron chi connectivity index (χ2n) is 8.14. The Morgan fingerprint density at radius 3 is 2.88 bits per heavy atom. The first kappa shape index (κ1) is 19.9. The van der Waals surface area contributed by atoms with Crippen molar-refractivity contribution in [3.63, 3.8) is 0 Å². The maximum atomic E-state index is 12.9. The molecule has 0 bridgehead atoms. The number of pyridine rings is 2. The van der Waals surface area contributed by atoms with E-state index in [1.807, 2.05) is 48.0 Å². The number of anilines is 1. The van der Waals surface area contributed by atoms with Crippen molar-refractivity contribution in [1.29, 1.82) is 0 Å². The highest BCUT2D eigenvalue weighted by atomic mass is 16.1. The third kappa shape index (κ3) is 3.41. The molecule has 0 aliphatic carbocycles. The Morgan fingerprint density at radius 1 is 1.09 bits per heavy atom. The SMILES string of the molecule is Cc1cc(-n2ccnc2)cc2[nH]c(-c3c(NCc4nccc5ccccc45)cc[nH]c3=O)nc12. The van der Waals surface area contributed by atoms with Crippen molar-refractivity contribution in [3.05, 3.63) is 101 Å². The molecule has 0 aliphatic rings. The van der Waals surface area contributed by atoms with E-state index in [-0.39, 0.29) is 5.56 Å². The van der Waals surface area contributed by atoms with Gasteiger partial charge < -0.3 is 19.9 Å². The van der Waals surface area contributed by atoms with Crippen LogP contribution in [-0.4, -0.2) is 29.5 Å². The van der Waals surface area contributed by atoms with Crippen LogP contribution in [0.2, 0.25) is 0 Å². The number of fused-ring (bicyclic) bond motifs is 2. The second-order valence-corrected chi connectivity index (χ2v) is 8.14. The summed E-state index contributed by atoms with van der Waals surface area (Å²) in [5.74, 6) is 0.510. The van der Waals surface area contributed by atoms with Gasteiger partial charge in [-0.05, 0) is 42.1 Å². The largest absolute Gasteiger partial charge is 0.379 e. The average Bonchev–Trinajstić information content (AvgIpc) is 3.53. The molecule has 0 unspecified atom stereocenters. The number of rotatable bonds is 5.